The van der Waals surface area contributed by atoms with Crippen molar-refractivity contribution in [3.63, 3.8) is 0 Å². The van der Waals surface area contributed by atoms with Crippen LogP contribution in [0.25, 0.3) is 0 Å². The fourth-order valence-corrected chi connectivity index (χ4v) is 1.79. The van der Waals surface area contributed by atoms with E-state index in [-0.39, 0.29) is 5.54 Å². The minimum atomic E-state index is -0.805. The van der Waals surface area contributed by atoms with E-state index in [1.165, 1.54) is 4.90 Å². The molecule has 13 heavy (non-hydrogen) atoms. The summed E-state index contributed by atoms with van der Waals surface area (Å²) in [6.07, 6.45) is 2.03. The molecule has 1 unspecified atom stereocenters. The number of carbonyl (C=O) groups is 1. The highest BCUT2D eigenvalue weighted by atomic mass is 16.4. The lowest BCUT2D eigenvalue weighted by Gasteiger charge is -2.38. The third-order valence-corrected chi connectivity index (χ3v) is 2.75. The molecule has 0 spiro atoms. The van der Waals surface area contributed by atoms with Gasteiger partial charge in [0.05, 0.1) is 0 Å². The maximum Gasteiger partial charge on any atom is 0.407 e. The molecule has 0 aliphatic heterocycles. The molecule has 0 rings (SSSR count). The van der Waals surface area contributed by atoms with Crippen LogP contribution in [-0.2, 0) is 0 Å². The molecule has 0 saturated carbocycles. The Kier molecular flexibility index (Phi) is 4.81. The monoisotopic (exact) mass is 187 g/mol. The van der Waals surface area contributed by atoms with Crippen molar-refractivity contribution < 1.29 is 9.90 Å². The van der Waals surface area contributed by atoms with Crippen molar-refractivity contribution >= 4 is 6.09 Å². The highest BCUT2D eigenvalue weighted by molar-refractivity contribution is 5.66. The minimum absolute atomic E-state index is 0.185. The van der Waals surface area contributed by atoms with Gasteiger partial charge in [-0.15, -0.1) is 0 Å². The highest BCUT2D eigenvalue weighted by Crippen LogP contribution is 2.24. The normalized spacial score (nSPS) is 15.1. The Bertz CT molecular complexity index is 170. The van der Waals surface area contributed by atoms with Gasteiger partial charge in [-0.25, -0.2) is 4.79 Å². The van der Waals surface area contributed by atoms with Crippen LogP contribution in [0.5, 0.6) is 0 Å². The first-order chi connectivity index (χ1) is 6.01. The van der Waals surface area contributed by atoms with E-state index in [2.05, 4.69) is 6.92 Å². The van der Waals surface area contributed by atoms with Gasteiger partial charge in [0.1, 0.15) is 0 Å². The summed E-state index contributed by atoms with van der Waals surface area (Å²) in [6.45, 7) is 8.61. The Morgan fingerprint density at radius 2 is 1.92 bits per heavy atom. The lowest BCUT2D eigenvalue weighted by molar-refractivity contribution is 0.0793. The first kappa shape index (κ1) is 12.3. The minimum Gasteiger partial charge on any atom is -0.465 e. The smallest absolute Gasteiger partial charge is 0.407 e. The van der Waals surface area contributed by atoms with Crippen LogP contribution in [-0.4, -0.2) is 28.2 Å². The molecule has 1 amide bonds. The summed E-state index contributed by atoms with van der Waals surface area (Å²) >= 11 is 0. The summed E-state index contributed by atoms with van der Waals surface area (Å²) in [5, 5.41) is 8.99. The maximum absolute atomic E-state index is 10.9. The van der Waals surface area contributed by atoms with Gasteiger partial charge in [-0.05, 0) is 26.7 Å². The van der Waals surface area contributed by atoms with Crippen LogP contribution in [0.15, 0.2) is 0 Å². The number of amides is 1. The Hall–Kier alpha value is -0.730. The molecule has 78 valence electrons. The molecule has 0 aromatic heterocycles. The molecule has 0 aliphatic rings. The Balaban J connectivity index is 4.58. The second-order valence-electron chi connectivity index (χ2n) is 3.63. The largest absolute Gasteiger partial charge is 0.465 e. The van der Waals surface area contributed by atoms with Crippen LogP contribution >= 0.6 is 0 Å². The van der Waals surface area contributed by atoms with Crippen LogP contribution in [0.1, 0.15) is 47.0 Å². The van der Waals surface area contributed by atoms with Crippen molar-refractivity contribution in [2.45, 2.75) is 52.5 Å². The topological polar surface area (TPSA) is 40.5 Å². The summed E-state index contributed by atoms with van der Waals surface area (Å²) in [5.41, 5.74) is -0.185. The zero-order chi connectivity index (χ0) is 10.5. The molecule has 3 nitrogen and oxygen atoms in total. The van der Waals surface area contributed by atoms with Crippen LogP contribution in [0.4, 0.5) is 4.79 Å². The van der Waals surface area contributed by atoms with Gasteiger partial charge in [-0.3, -0.25) is 0 Å². The zero-order valence-corrected chi connectivity index (χ0v) is 9.13. The molecule has 0 aromatic carbocycles. The molecule has 0 aromatic rings. The fourth-order valence-electron chi connectivity index (χ4n) is 1.79. The number of hydrogen-bond donors (Lipinski definition) is 1. The quantitative estimate of drug-likeness (QED) is 0.718. The molecule has 0 fully saturated rings. The van der Waals surface area contributed by atoms with E-state index in [1.807, 2.05) is 20.8 Å². The summed E-state index contributed by atoms with van der Waals surface area (Å²) in [5.74, 6) is 0. The fraction of sp³-hybridized carbons (Fsp3) is 0.900. The number of carboxylic acid groups (broad SMARTS) is 1. The van der Waals surface area contributed by atoms with Gasteiger partial charge >= 0.3 is 6.09 Å². The van der Waals surface area contributed by atoms with E-state index in [0.717, 1.165) is 19.3 Å². The van der Waals surface area contributed by atoms with E-state index >= 15 is 0 Å². The summed E-state index contributed by atoms with van der Waals surface area (Å²) in [6, 6.07) is 0. The van der Waals surface area contributed by atoms with E-state index in [9.17, 15) is 4.79 Å². The third-order valence-electron chi connectivity index (χ3n) is 2.75. The molecular formula is C10H21NO2. The predicted molar refractivity (Wildman–Crippen MR) is 54.0 cm³/mol. The van der Waals surface area contributed by atoms with Gasteiger partial charge < -0.3 is 10.0 Å². The van der Waals surface area contributed by atoms with E-state index in [1.54, 1.807) is 0 Å². The SMILES string of the molecule is CCCC(C)(CC)N(CC)C(=O)O. The molecule has 1 atom stereocenters. The van der Waals surface area contributed by atoms with Crippen LogP contribution in [0.2, 0.25) is 0 Å². The Morgan fingerprint density at radius 3 is 2.15 bits per heavy atom. The van der Waals surface area contributed by atoms with Gasteiger partial charge in [0.25, 0.3) is 0 Å². The lowest BCUT2D eigenvalue weighted by atomic mass is 9.91. The number of hydrogen-bond acceptors (Lipinski definition) is 1. The molecular weight excluding hydrogens is 166 g/mol. The summed E-state index contributed by atoms with van der Waals surface area (Å²) in [4.78, 5) is 12.5. The van der Waals surface area contributed by atoms with Gasteiger partial charge in [-0.2, -0.15) is 0 Å². The van der Waals surface area contributed by atoms with Gasteiger partial charge in [0.2, 0.25) is 0 Å². The van der Waals surface area contributed by atoms with E-state index in [4.69, 9.17) is 5.11 Å². The Morgan fingerprint density at radius 1 is 1.38 bits per heavy atom. The van der Waals surface area contributed by atoms with Crippen molar-refractivity contribution in [1.29, 1.82) is 0 Å². The van der Waals surface area contributed by atoms with Crippen molar-refractivity contribution in [1.82, 2.24) is 4.90 Å². The van der Waals surface area contributed by atoms with E-state index < -0.39 is 6.09 Å². The van der Waals surface area contributed by atoms with Crippen LogP contribution in [0, 0.1) is 0 Å². The van der Waals surface area contributed by atoms with Crippen LogP contribution < -0.4 is 0 Å². The molecule has 0 radical (unpaired) electrons. The van der Waals surface area contributed by atoms with Crippen LogP contribution in [0.3, 0.4) is 0 Å². The second kappa shape index (κ2) is 5.10. The third kappa shape index (κ3) is 2.90. The molecule has 1 N–H and O–H groups in total. The zero-order valence-electron chi connectivity index (χ0n) is 9.13. The lowest BCUT2D eigenvalue weighted by Crippen LogP contribution is -2.48. The average molecular weight is 187 g/mol. The first-order valence-corrected chi connectivity index (χ1v) is 5.02. The maximum atomic E-state index is 10.9. The average Bonchev–Trinajstić information content (AvgIpc) is 2.05. The number of rotatable bonds is 5. The molecule has 0 saturated heterocycles. The standard InChI is InChI=1S/C10H21NO2/c1-5-8-10(4,6-2)11(7-3)9(12)13/h5-8H2,1-4H3,(H,12,13). The van der Waals surface area contributed by atoms with Gasteiger partial charge in [0.15, 0.2) is 0 Å². The molecule has 0 heterocycles. The summed E-state index contributed by atoms with van der Waals surface area (Å²) in [7, 11) is 0. The molecule has 3 heteroatoms. The number of nitrogens with zero attached hydrogens (tertiary/aromatic N) is 1. The second-order valence-corrected chi connectivity index (χ2v) is 3.63. The van der Waals surface area contributed by atoms with Gasteiger partial charge in [0, 0.05) is 12.1 Å². The summed E-state index contributed by atoms with van der Waals surface area (Å²) < 4.78 is 0. The van der Waals surface area contributed by atoms with E-state index in [0.29, 0.717) is 6.54 Å². The van der Waals surface area contributed by atoms with Crippen molar-refractivity contribution in [3.05, 3.63) is 0 Å². The van der Waals surface area contributed by atoms with Crippen molar-refractivity contribution in [3.8, 4) is 0 Å². The first-order valence-electron chi connectivity index (χ1n) is 5.02. The van der Waals surface area contributed by atoms with Crippen molar-refractivity contribution in [2.24, 2.45) is 0 Å². The van der Waals surface area contributed by atoms with Crippen molar-refractivity contribution in [2.75, 3.05) is 6.54 Å². The molecule has 0 aliphatic carbocycles. The Labute approximate surface area is 80.7 Å². The van der Waals surface area contributed by atoms with Gasteiger partial charge in [-0.1, -0.05) is 20.3 Å². The highest BCUT2D eigenvalue weighted by Gasteiger charge is 2.31. The predicted octanol–water partition coefficient (Wildman–Crippen LogP) is 2.96. The molecule has 0 bridgehead atoms.